The van der Waals surface area contributed by atoms with Crippen LogP contribution >= 0.6 is 0 Å². The lowest BCUT2D eigenvalue weighted by Crippen LogP contribution is -2.09. The average molecular weight is 715 g/mol. The van der Waals surface area contributed by atoms with Crippen molar-refractivity contribution in [1.82, 2.24) is 4.57 Å². The van der Waals surface area contributed by atoms with Crippen molar-refractivity contribution in [1.29, 1.82) is 0 Å². The maximum atomic E-state index is 2.38. The van der Waals surface area contributed by atoms with Crippen LogP contribution in [-0.2, 0) is 0 Å². The first kappa shape index (κ1) is 33.2. The Morgan fingerprint density at radius 1 is 0.250 bits per heavy atom. The number of para-hydroxylation sites is 2. The monoisotopic (exact) mass is 714 g/mol. The van der Waals surface area contributed by atoms with E-state index in [9.17, 15) is 0 Å². The topological polar surface area (TPSA) is 8.17 Å². The Kier molecular flexibility index (Phi) is 8.55. The number of nitrogens with zero attached hydrogens (tertiary/aromatic N) is 2. The Hall–Kier alpha value is -7.42. The molecule has 0 unspecified atom stereocenters. The molecular weight excluding hydrogens is 677 g/mol. The van der Waals surface area contributed by atoms with Gasteiger partial charge in [0.15, 0.2) is 0 Å². The number of anilines is 3. The molecule has 0 aliphatic rings. The molecule has 0 aliphatic heterocycles. The van der Waals surface area contributed by atoms with Crippen LogP contribution in [0.3, 0.4) is 0 Å². The van der Waals surface area contributed by atoms with Gasteiger partial charge in [-0.1, -0.05) is 164 Å². The number of fused-ring (bicyclic) bond motifs is 3. The van der Waals surface area contributed by atoms with Crippen LogP contribution in [0.5, 0.6) is 0 Å². The molecule has 0 atom stereocenters. The van der Waals surface area contributed by atoms with E-state index in [1.807, 2.05) is 0 Å². The maximum absolute atomic E-state index is 2.38. The molecule has 0 N–H and O–H groups in total. The Bertz CT molecular complexity index is 2830. The summed E-state index contributed by atoms with van der Waals surface area (Å²) in [7, 11) is 0. The molecule has 0 bridgehead atoms. The molecule has 0 saturated heterocycles. The molecule has 0 amide bonds. The van der Waals surface area contributed by atoms with Crippen LogP contribution in [-0.4, -0.2) is 4.57 Å². The molecule has 9 aromatic carbocycles. The molecule has 0 aliphatic carbocycles. The molecule has 1 aromatic heterocycles. The van der Waals surface area contributed by atoms with Gasteiger partial charge in [0.1, 0.15) is 0 Å². The minimum atomic E-state index is 1.10. The van der Waals surface area contributed by atoms with Crippen LogP contribution in [0.2, 0.25) is 0 Å². The van der Waals surface area contributed by atoms with Gasteiger partial charge in [0, 0.05) is 33.5 Å². The SMILES string of the molecule is c1ccc(-c2ccc(N(c3ccc(-c4ccccc4)cc3)c3ccc(-c4cccc(-c5ccc6c7ccccc7n(-c7ccccc7)c6c5)c4)cc3)cc2)cc1. The van der Waals surface area contributed by atoms with Gasteiger partial charge in [0.25, 0.3) is 0 Å². The zero-order valence-electron chi connectivity index (χ0n) is 30.8. The molecule has 264 valence electrons. The van der Waals surface area contributed by atoms with Crippen LogP contribution < -0.4 is 4.90 Å². The van der Waals surface area contributed by atoms with Gasteiger partial charge in [-0.15, -0.1) is 0 Å². The third kappa shape index (κ3) is 6.24. The Morgan fingerprint density at radius 3 is 1.18 bits per heavy atom. The van der Waals surface area contributed by atoms with Crippen molar-refractivity contribution in [2.24, 2.45) is 0 Å². The van der Waals surface area contributed by atoms with E-state index in [0.29, 0.717) is 0 Å². The smallest absolute Gasteiger partial charge is 0.0547 e. The summed E-state index contributed by atoms with van der Waals surface area (Å²) in [5.41, 5.74) is 16.5. The van der Waals surface area contributed by atoms with Gasteiger partial charge in [-0.3, -0.25) is 0 Å². The summed E-state index contributed by atoms with van der Waals surface area (Å²) in [6.07, 6.45) is 0. The largest absolute Gasteiger partial charge is 0.311 e. The number of benzene rings is 9. The molecular formula is C54H38N2. The van der Waals surface area contributed by atoms with Gasteiger partial charge in [-0.2, -0.15) is 0 Å². The maximum Gasteiger partial charge on any atom is 0.0547 e. The number of hydrogen-bond acceptors (Lipinski definition) is 1. The summed E-state index contributed by atoms with van der Waals surface area (Å²) in [5, 5.41) is 2.52. The summed E-state index contributed by atoms with van der Waals surface area (Å²) in [6, 6.07) is 83.0. The van der Waals surface area contributed by atoms with Crippen molar-refractivity contribution >= 4 is 38.9 Å². The van der Waals surface area contributed by atoms with E-state index < -0.39 is 0 Å². The molecule has 0 spiro atoms. The Morgan fingerprint density at radius 2 is 0.625 bits per heavy atom. The molecule has 10 aromatic rings. The van der Waals surface area contributed by atoms with Crippen LogP contribution in [0.25, 0.3) is 72.0 Å². The lowest BCUT2D eigenvalue weighted by Gasteiger charge is -2.26. The summed E-state index contributed by atoms with van der Waals surface area (Å²) in [5.74, 6) is 0. The van der Waals surface area contributed by atoms with Crippen molar-refractivity contribution in [3.63, 3.8) is 0 Å². The minimum absolute atomic E-state index is 1.10. The van der Waals surface area contributed by atoms with Gasteiger partial charge in [-0.25, -0.2) is 0 Å². The fourth-order valence-electron chi connectivity index (χ4n) is 8.00. The van der Waals surface area contributed by atoms with E-state index >= 15 is 0 Å². The third-order valence-electron chi connectivity index (χ3n) is 10.8. The van der Waals surface area contributed by atoms with Crippen LogP contribution in [0.15, 0.2) is 231 Å². The van der Waals surface area contributed by atoms with E-state index in [1.165, 1.54) is 66.3 Å². The highest BCUT2D eigenvalue weighted by Gasteiger charge is 2.16. The second-order valence-corrected chi connectivity index (χ2v) is 14.2. The average Bonchev–Trinajstić information content (AvgIpc) is 3.62. The van der Waals surface area contributed by atoms with Crippen molar-refractivity contribution in [2.45, 2.75) is 0 Å². The fourth-order valence-corrected chi connectivity index (χ4v) is 8.00. The Labute approximate surface area is 327 Å². The minimum Gasteiger partial charge on any atom is -0.311 e. The summed E-state index contributed by atoms with van der Waals surface area (Å²) in [4.78, 5) is 2.34. The van der Waals surface area contributed by atoms with Gasteiger partial charge >= 0.3 is 0 Å². The first-order valence-corrected chi connectivity index (χ1v) is 19.2. The lowest BCUT2D eigenvalue weighted by molar-refractivity contribution is 1.18. The second-order valence-electron chi connectivity index (χ2n) is 14.2. The molecule has 2 heteroatoms. The van der Waals surface area contributed by atoms with Gasteiger partial charge in [0.2, 0.25) is 0 Å². The van der Waals surface area contributed by atoms with E-state index in [4.69, 9.17) is 0 Å². The van der Waals surface area contributed by atoms with Gasteiger partial charge in [0.05, 0.1) is 11.0 Å². The number of rotatable bonds is 8. The van der Waals surface area contributed by atoms with Crippen LogP contribution in [0.4, 0.5) is 17.1 Å². The summed E-state index contributed by atoms with van der Waals surface area (Å²) < 4.78 is 2.38. The number of aromatic nitrogens is 1. The van der Waals surface area contributed by atoms with E-state index in [2.05, 4.69) is 240 Å². The molecule has 0 saturated carbocycles. The highest BCUT2D eigenvalue weighted by molar-refractivity contribution is 6.10. The zero-order chi connectivity index (χ0) is 37.3. The predicted octanol–water partition coefficient (Wildman–Crippen LogP) is 14.9. The number of hydrogen-bond donors (Lipinski definition) is 0. The molecule has 10 rings (SSSR count). The lowest BCUT2D eigenvalue weighted by atomic mass is 9.98. The Balaban J connectivity index is 1.00. The predicted molar refractivity (Wildman–Crippen MR) is 237 cm³/mol. The second kappa shape index (κ2) is 14.4. The molecule has 2 nitrogen and oxygen atoms in total. The van der Waals surface area contributed by atoms with Crippen LogP contribution in [0.1, 0.15) is 0 Å². The first-order chi connectivity index (χ1) is 27.8. The normalized spacial score (nSPS) is 11.2. The zero-order valence-corrected chi connectivity index (χ0v) is 30.8. The van der Waals surface area contributed by atoms with Gasteiger partial charge in [-0.05, 0) is 111 Å². The van der Waals surface area contributed by atoms with E-state index in [0.717, 1.165) is 22.7 Å². The van der Waals surface area contributed by atoms with Crippen molar-refractivity contribution in [3.05, 3.63) is 231 Å². The molecule has 56 heavy (non-hydrogen) atoms. The van der Waals surface area contributed by atoms with E-state index in [-0.39, 0.29) is 0 Å². The van der Waals surface area contributed by atoms with Crippen LogP contribution in [0, 0.1) is 0 Å². The highest BCUT2D eigenvalue weighted by Crippen LogP contribution is 2.39. The van der Waals surface area contributed by atoms with Gasteiger partial charge < -0.3 is 9.47 Å². The molecule has 1 heterocycles. The standard InChI is InChI=1S/C54H38N2/c1-4-13-39(14-5-1)41-23-30-48(31-24-41)55(49-32-25-42(26-33-49)40-15-6-2-7-16-40)50-34-27-43(28-35-50)44-17-12-18-45(37-44)46-29-36-52-51-21-10-11-22-53(51)56(54(52)38-46)47-19-8-3-9-20-47/h1-38H. The molecule has 0 radical (unpaired) electrons. The molecule has 0 fully saturated rings. The first-order valence-electron chi connectivity index (χ1n) is 19.2. The summed E-state index contributed by atoms with van der Waals surface area (Å²) in [6.45, 7) is 0. The van der Waals surface area contributed by atoms with Crippen molar-refractivity contribution in [3.8, 4) is 50.2 Å². The summed E-state index contributed by atoms with van der Waals surface area (Å²) >= 11 is 0. The quantitative estimate of drug-likeness (QED) is 0.152. The highest BCUT2D eigenvalue weighted by atomic mass is 15.1. The van der Waals surface area contributed by atoms with Crippen molar-refractivity contribution in [2.75, 3.05) is 4.90 Å². The fraction of sp³-hybridized carbons (Fsp3) is 0. The van der Waals surface area contributed by atoms with Crippen molar-refractivity contribution < 1.29 is 0 Å². The third-order valence-corrected chi connectivity index (χ3v) is 10.8. The van der Waals surface area contributed by atoms with E-state index in [1.54, 1.807) is 0 Å².